The van der Waals surface area contributed by atoms with Gasteiger partial charge in [-0.3, -0.25) is 5.32 Å². The maximum Gasteiger partial charge on any atom is 0.140 e. The van der Waals surface area contributed by atoms with Crippen molar-refractivity contribution in [3.63, 3.8) is 0 Å². The van der Waals surface area contributed by atoms with Crippen LogP contribution in [0.1, 0.15) is 18.4 Å². The Hall–Kier alpha value is -0.850. The molecule has 0 radical (unpaired) electrons. The number of para-hydroxylation sites is 1. The van der Waals surface area contributed by atoms with Gasteiger partial charge >= 0.3 is 0 Å². The average molecular weight is 329 g/mol. The summed E-state index contributed by atoms with van der Waals surface area (Å²) < 4.78 is 11.2. The molecule has 1 fully saturated rings. The second-order valence-corrected chi connectivity index (χ2v) is 5.89. The number of aliphatic hydroxyl groups is 1. The molecule has 2 atom stereocenters. The summed E-state index contributed by atoms with van der Waals surface area (Å²) in [6.07, 6.45) is 1.55. The number of benzene rings is 1. The third kappa shape index (κ3) is 5.74. The summed E-state index contributed by atoms with van der Waals surface area (Å²) >= 11 is 6.09. The SMILES string of the molecule is Cc1cccc(Cl)c1OCCOCCN[C@@H]1C[C@@H](O)CCN1. The van der Waals surface area contributed by atoms with Crippen LogP contribution < -0.4 is 15.4 Å². The summed E-state index contributed by atoms with van der Waals surface area (Å²) in [7, 11) is 0. The Morgan fingerprint density at radius 1 is 1.36 bits per heavy atom. The summed E-state index contributed by atoms with van der Waals surface area (Å²) in [5, 5.41) is 16.8. The lowest BCUT2D eigenvalue weighted by Gasteiger charge is -2.28. The molecule has 124 valence electrons. The van der Waals surface area contributed by atoms with E-state index in [4.69, 9.17) is 21.1 Å². The molecule has 22 heavy (non-hydrogen) atoms. The van der Waals surface area contributed by atoms with Crippen LogP contribution in [0.2, 0.25) is 5.02 Å². The topological polar surface area (TPSA) is 62.8 Å². The second-order valence-electron chi connectivity index (χ2n) is 5.49. The van der Waals surface area contributed by atoms with Crippen molar-refractivity contribution >= 4 is 11.6 Å². The molecular weight excluding hydrogens is 304 g/mol. The molecule has 0 aromatic heterocycles. The fourth-order valence-electron chi connectivity index (χ4n) is 2.46. The van der Waals surface area contributed by atoms with Crippen molar-refractivity contribution in [2.45, 2.75) is 32.0 Å². The first kappa shape index (κ1) is 17.5. The Labute approximate surface area is 136 Å². The Morgan fingerprint density at radius 2 is 2.23 bits per heavy atom. The molecule has 0 bridgehead atoms. The van der Waals surface area contributed by atoms with E-state index in [9.17, 15) is 5.11 Å². The lowest BCUT2D eigenvalue weighted by Crippen LogP contribution is -2.50. The highest BCUT2D eigenvalue weighted by atomic mass is 35.5. The summed E-state index contributed by atoms with van der Waals surface area (Å²) in [5.41, 5.74) is 1.02. The van der Waals surface area contributed by atoms with Gasteiger partial charge in [0.2, 0.25) is 0 Å². The molecule has 6 heteroatoms. The van der Waals surface area contributed by atoms with Crippen LogP contribution in [0.3, 0.4) is 0 Å². The highest BCUT2D eigenvalue weighted by Crippen LogP contribution is 2.27. The maximum absolute atomic E-state index is 9.57. The number of nitrogens with one attached hydrogen (secondary N) is 2. The molecule has 1 aliphatic heterocycles. The van der Waals surface area contributed by atoms with Gasteiger partial charge in [-0.05, 0) is 31.5 Å². The van der Waals surface area contributed by atoms with E-state index < -0.39 is 0 Å². The van der Waals surface area contributed by atoms with Gasteiger partial charge in [0.05, 0.1) is 30.5 Å². The number of hydrogen-bond acceptors (Lipinski definition) is 5. The predicted octanol–water partition coefficient (Wildman–Crippen LogP) is 1.70. The normalized spacial score (nSPS) is 21.8. The minimum atomic E-state index is -0.202. The van der Waals surface area contributed by atoms with Gasteiger partial charge < -0.3 is 19.9 Å². The van der Waals surface area contributed by atoms with Crippen LogP contribution in [-0.2, 0) is 4.74 Å². The molecule has 3 N–H and O–H groups in total. The lowest BCUT2D eigenvalue weighted by atomic mass is 10.1. The number of halogens is 1. The number of aliphatic hydroxyl groups excluding tert-OH is 1. The molecule has 1 aromatic rings. The van der Waals surface area contributed by atoms with E-state index in [-0.39, 0.29) is 12.3 Å². The molecule has 1 aromatic carbocycles. The summed E-state index contributed by atoms with van der Waals surface area (Å²) in [6.45, 7) is 5.18. The zero-order chi connectivity index (χ0) is 15.8. The van der Waals surface area contributed by atoms with Gasteiger partial charge in [0.15, 0.2) is 0 Å². The molecule has 0 aliphatic carbocycles. The molecule has 1 aliphatic rings. The maximum atomic E-state index is 9.57. The molecule has 2 rings (SSSR count). The Kier molecular flexibility index (Phi) is 7.42. The summed E-state index contributed by atoms with van der Waals surface area (Å²) in [6, 6.07) is 5.70. The number of rotatable bonds is 8. The first-order valence-electron chi connectivity index (χ1n) is 7.77. The van der Waals surface area contributed by atoms with Crippen molar-refractivity contribution in [1.82, 2.24) is 10.6 Å². The highest BCUT2D eigenvalue weighted by Gasteiger charge is 2.18. The molecule has 0 saturated carbocycles. The van der Waals surface area contributed by atoms with E-state index in [1.54, 1.807) is 0 Å². The van der Waals surface area contributed by atoms with Gasteiger partial charge in [0, 0.05) is 13.0 Å². The summed E-state index contributed by atoms with van der Waals surface area (Å²) in [5.74, 6) is 0.728. The van der Waals surface area contributed by atoms with Gasteiger partial charge in [-0.1, -0.05) is 23.7 Å². The molecule has 0 unspecified atom stereocenters. The second kappa shape index (κ2) is 9.33. The highest BCUT2D eigenvalue weighted by molar-refractivity contribution is 6.32. The number of ether oxygens (including phenoxy) is 2. The zero-order valence-electron chi connectivity index (χ0n) is 13.0. The zero-order valence-corrected chi connectivity index (χ0v) is 13.7. The van der Waals surface area contributed by atoms with Crippen molar-refractivity contribution in [2.24, 2.45) is 0 Å². The average Bonchev–Trinajstić information content (AvgIpc) is 2.49. The predicted molar refractivity (Wildman–Crippen MR) is 87.5 cm³/mol. The first-order valence-corrected chi connectivity index (χ1v) is 8.15. The van der Waals surface area contributed by atoms with Crippen molar-refractivity contribution in [3.05, 3.63) is 28.8 Å². The van der Waals surface area contributed by atoms with Crippen LogP contribution in [0.5, 0.6) is 5.75 Å². The number of aryl methyl sites for hydroxylation is 1. The molecule has 0 spiro atoms. The summed E-state index contributed by atoms with van der Waals surface area (Å²) in [4.78, 5) is 0. The van der Waals surface area contributed by atoms with Crippen molar-refractivity contribution in [1.29, 1.82) is 0 Å². The molecule has 1 saturated heterocycles. The lowest BCUT2D eigenvalue weighted by molar-refractivity contribution is 0.0862. The fraction of sp³-hybridized carbons (Fsp3) is 0.625. The third-order valence-corrected chi connectivity index (χ3v) is 3.95. The smallest absolute Gasteiger partial charge is 0.140 e. The molecule has 0 amide bonds. The first-order chi connectivity index (χ1) is 10.7. The number of piperidine rings is 1. The Morgan fingerprint density at radius 3 is 3.00 bits per heavy atom. The molecule has 1 heterocycles. The van der Waals surface area contributed by atoms with Gasteiger partial charge in [-0.2, -0.15) is 0 Å². The van der Waals surface area contributed by atoms with Crippen LogP contribution in [0.4, 0.5) is 0 Å². The monoisotopic (exact) mass is 328 g/mol. The van der Waals surface area contributed by atoms with Crippen molar-refractivity contribution in [3.8, 4) is 5.75 Å². The van der Waals surface area contributed by atoms with Crippen LogP contribution in [-0.4, -0.2) is 50.3 Å². The van der Waals surface area contributed by atoms with E-state index in [2.05, 4.69) is 10.6 Å². The van der Waals surface area contributed by atoms with E-state index in [0.29, 0.717) is 24.8 Å². The van der Waals surface area contributed by atoms with Gasteiger partial charge in [0.1, 0.15) is 12.4 Å². The van der Waals surface area contributed by atoms with Crippen LogP contribution in [0.15, 0.2) is 18.2 Å². The van der Waals surface area contributed by atoms with Crippen molar-refractivity contribution < 1.29 is 14.6 Å². The van der Waals surface area contributed by atoms with Crippen molar-refractivity contribution in [2.75, 3.05) is 32.9 Å². The minimum absolute atomic E-state index is 0.175. The van der Waals surface area contributed by atoms with E-state index in [1.807, 2.05) is 25.1 Å². The van der Waals surface area contributed by atoms with E-state index >= 15 is 0 Å². The quantitative estimate of drug-likeness (QED) is 0.634. The van der Waals surface area contributed by atoms with Crippen LogP contribution >= 0.6 is 11.6 Å². The van der Waals surface area contributed by atoms with E-state index in [0.717, 1.165) is 37.2 Å². The molecule has 5 nitrogen and oxygen atoms in total. The minimum Gasteiger partial charge on any atom is -0.489 e. The van der Waals surface area contributed by atoms with Gasteiger partial charge in [-0.25, -0.2) is 0 Å². The standard InChI is InChI=1S/C16H25ClN2O3/c1-12-3-2-4-14(17)16(12)22-10-9-21-8-7-19-15-11-13(20)5-6-18-15/h2-4,13,15,18-20H,5-11H2,1H3/t13-,15+/m0/s1. The fourth-order valence-corrected chi connectivity index (χ4v) is 2.74. The van der Waals surface area contributed by atoms with Crippen LogP contribution in [0.25, 0.3) is 0 Å². The largest absolute Gasteiger partial charge is 0.489 e. The van der Waals surface area contributed by atoms with Crippen LogP contribution in [0, 0.1) is 6.92 Å². The van der Waals surface area contributed by atoms with E-state index in [1.165, 1.54) is 0 Å². The Balaban J connectivity index is 1.53. The number of hydrogen-bond donors (Lipinski definition) is 3. The van der Waals surface area contributed by atoms with Gasteiger partial charge in [-0.15, -0.1) is 0 Å². The Bertz CT molecular complexity index is 439. The molecular formula is C16H25ClN2O3. The van der Waals surface area contributed by atoms with Gasteiger partial charge in [0.25, 0.3) is 0 Å². The third-order valence-electron chi connectivity index (χ3n) is 3.65.